The molecule has 3 heteroatoms. The van der Waals surface area contributed by atoms with Crippen LogP contribution in [0.4, 0.5) is 0 Å². The van der Waals surface area contributed by atoms with Gasteiger partial charge in [0.25, 0.3) is 0 Å². The molecule has 0 aliphatic carbocycles. The summed E-state index contributed by atoms with van der Waals surface area (Å²) in [4.78, 5) is 1.07. The second kappa shape index (κ2) is 3.51. The molecule has 1 atom stereocenters. The quantitative estimate of drug-likeness (QED) is 0.760. The summed E-state index contributed by atoms with van der Waals surface area (Å²) in [6.07, 6.45) is -0.333. The Morgan fingerprint density at radius 2 is 2.50 bits per heavy atom. The third-order valence-electron chi connectivity index (χ3n) is 1.35. The van der Waals surface area contributed by atoms with Crippen molar-refractivity contribution in [1.29, 1.82) is 0 Å². The molecular weight excluding hydrogens is 212 g/mol. The van der Waals surface area contributed by atoms with Crippen molar-refractivity contribution in [2.75, 3.05) is 5.33 Å². The van der Waals surface area contributed by atoms with Crippen LogP contribution in [0.25, 0.3) is 0 Å². The second-order valence-corrected chi connectivity index (χ2v) is 3.73. The fraction of sp³-hybridized carbons (Fsp3) is 0.429. The van der Waals surface area contributed by atoms with E-state index >= 15 is 0 Å². The van der Waals surface area contributed by atoms with Crippen molar-refractivity contribution in [2.45, 2.75) is 13.0 Å². The SMILES string of the molecule is Cc1ccsc1[C@H](O)CBr. The molecule has 1 heterocycles. The summed E-state index contributed by atoms with van der Waals surface area (Å²) in [5.74, 6) is 0. The second-order valence-electron chi connectivity index (χ2n) is 2.14. The number of rotatable bonds is 2. The zero-order valence-electron chi connectivity index (χ0n) is 5.67. The molecule has 0 aliphatic heterocycles. The lowest BCUT2D eigenvalue weighted by molar-refractivity contribution is 0.208. The van der Waals surface area contributed by atoms with Gasteiger partial charge in [0.15, 0.2) is 0 Å². The fourth-order valence-corrected chi connectivity index (χ4v) is 2.25. The van der Waals surface area contributed by atoms with E-state index < -0.39 is 0 Å². The lowest BCUT2D eigenvalue weighted by Crippen LogP contribution is -1.96. The first-order valence-electron chi connectivity index (χ1n) is 3.03. The summed E-state index contributed by atoms with van der Waals surface area (Å²) in [6.45, 7) is 2.01. The molecule has 0 fully saturated rings. The first-order chi connectivity index (χ1) is 4.75. The highest BCUT2D eigenvalue weighted by molar-refractivity contribution is 9.09. The number of hydrogen-bond donors (Lipinski definition) is 1. The van der Waals surface area contributed by atoms with Crippen molar-refractivity contribution in [3.8, 4) is 0 Å². The van der Waals surface area contributed by atoms with E-state index in [0.29, 0.717) is 5.33 Å². The number of thiophene rings is 1. The minimum Gasteiger partial charge on any atom is -0.387 e. The van der Waals surface area contributed by atoms with Crippen LogP contribution in [0, 0.1) is 6.92 Å². The molecule has 56 valence electrons. The van der Waals surface area contributed by atoms with Crippen LogP contribution in [-0.2, 0) is 0 Å². The molecule has 0 aliphatic rings. The molecule has 0 bridgehead atoms. The Morgan fingerprint density at radius 1 is 1.80 bits per heavy atom. The highest BCUT2D eigenvalue weighted by Crippen LogP contribution is 2.24. The molecule has 0 aromatic carbocycles. The predicted molar refractivity (Wildman–Crippen MR) is 47.8 cm³/mol. The van der Waals surface area contributed by atoms with Gasteiger partial charge >= 0.3 is 0 Å². The Hall–Kier alpha value is 0.140. The molecule has 0 spiro atoms. The van der Waals surface area contributed by atoms with Crippen molar-refractivity contribution in [2.24, 2.45) is 0 Å². The third-order valence-corrected chi connectivity index (χ3v) is 3.08. The normalized spacial score (nSPS) is 13.5. The summed E-state index contributed by atoms with van der Waals surface area (Å²) in [5, 5.41) is 12.0. The van der Waals surface area contributed by atoms with Gasteiger partial charge in [-0.3, -0.25) is 0 Å². The van der Waals surface area contributed by atoms with Gasteiger partial charge in [0.1, 0.15) is 0 Å². The number of hydrogen-bond acceptors (Lipinski definition) is 2. The summed E-state index contributed by atoms with van der Waals surface area (Å²) in [5.41, 5.74) is 1.18. The third kappa shape index (κ3) is 1.59. The molecule has 1 aromatic rings. The summed E-state index contributed by atoms with van der Waals surface area (Å²) >= 11 is 4.83. The number of alkyl halides is 1. The van der Waals surface area contributed by atoms with E-state index in [1.54, 1.807) is 11.3 Å². The summed E-state index contributed by atoms with van der Waals surface area (Å²) < 4.78 is 0. The minimum absolute atomic E-state index is 0.333. The highest BCUT2D eigenvalue weighted by Gasteiger charge is 2.08. The van der Waals surface area contributed by atoms with E-state index in [0.717, 1.165) is 4.88 Å². The van der Waals surface area contributed by atoms with E-state index in [9.17, 15) is 5.11 Å². The van der Waals surface area contributed by atoms with Gasteiger partial charge in [0.05, 0.1) is 6.10 Å². The zero-order chi connectivity index (χ0) is 7.56. The smallest absolute Gasteiger partial charge is 0.0981 e. The Balaban J connectivity index is 2.82. The molecule has 0 saturated heterocycles. The van der Waals surface area contributed by atoms with Gasteiger partial charge in [-0.1, -0.05) is 15.9 Å². The lowest BCUT2D eigenvalue weighted by atomic mass is 10.2. The van der Waals surface area contributed by atoms with Gasteiger partial charge in [-0.05, 0) is 23.9 Å². The van der Waals surface area contributed by atoms with Crippen molar-refractivity contribution < 1.29 is 5.11 Å². The van der Waals surface area contributed by atoms with Crippen LogP contribution in [0.1, 0.15) is 16.5 Å². The zero-order valence-corrected chi connectivity index (χ0v) is 8.08. The van der Waals surface area contributed by atoms with E-state index in [1.807, 2.05) is 18.4 Å². The van der Waals surface area contributed by atoms with Crippen LogP contribution in [0.3, 0.4) is 0 Å². The van der Waals surface area contributed by atoms with E-state index in [-0.39, 0.29) is 6.10 Å². The van der Waals surface area contributed by atoms with Crippen LogP contribution in [-0.4, -0.2) is 10.4 Å². The maximum absolute atomic E-state index is 9.36. The van der Waals surface area contributed by atoms with Crippen molar-refractivity contribution >= 4 is 27.3 Å². The Morgan fingerprint density at radius 3 is 2.90 bits per heavy atom. The largest absolute Gasteiger partial charge is 0.387 e. The van der Waals surface area contributed by atoms with Gasteiger partial charge in [-0.25, -0.2) is 0 Å². The number of aliphatic hydroxyl groups excluding tert-OH is 1. The topological polar surface area (TPSA) is 20.2 Å². The standard InChI is InChI=1S/C7H9BrOS/c1-5-2-3-10-7(5)6(9)4-8/h2-3,6,9H,4H2,1H3/t6-/m1/s1. The molecule has 1 N–H and O–H groups in total. The Labute approximate surface area is 72.8 Å². The van der Waals surface area contributed by atoms with Crippen molar-refractivity contribution in [3.63, 3.8) is 0 Å². The van der Waals surface area contributed by atoms with Gasteiger partial charge in [-0.2, -0.15) is 0 Å². The van der Waals surface area contributed by atoms with Crippen LogP contribution in [0.5, 0.6) is 0 Å². The van der Waals surface area contributed by atoms with Crippen molar-refractivity contribution in [1.82, 2.24) is 0 Å². The van der Waals surface area contributed by atoms with Gasteiger partial charge in [0, 0.05) is 10.2 Å². The molecule has 1 nitrogen and oxygen atoms in total. The predicted octanol–water partition coefficient (Wildman–Crippen LogP) is 2.48. The van der Waals surface area contributed by atoms with Crippen LogP contribution in [0.2, 0.25) is 0 Å². The maximum Gasteiger partial charge on any atom is 0.0981 e. The van der Waals surface area contributed by atoms with E-state index in [2.05, 4.69) is 15.9 Å². The van der Waals surface area contributed by atoms with E-state index in [1.165, 1.54) is 5.56 Å². The van der Waals surface area contributed by atoms with Gasteiger partial charge in [0.2, 0.25) is 0 Å². The molecule has 10 heavy (non-hydrogen) atoms. The van der Waals surface area contributed by atoms with Gasteiger partial charge < -0.3 is 5.11 Å². The molecule has 1 aromatic heterocycles. The highest BCUT2D eigenvalue weighted by atomic mass is 79.9. The first-order valence-corrected chi connectivity index (χ1v) is 5.04. The van der Waals surface area contributed by atoms with Crippen molar-refractivity contribution in [3.05, 3.63) is 21.9 Å². The number of halogens is 1. The number of aryl methyl sites for hydroxylation is 1. The lowest BCUT2D eigenvalue weighted by Gasteiger charge is -2.03. The Bertz CT molecular complexity index is 209. The summed E-state index contributed by atoms with van der Waals surface area (Å²) in [7, 11) is 0. The molecule has 0 unspecified atom stereocenters. The average Bonchev–Trinajstić information content (AvgIpc) is 2.34. The van der Waals surface area contributed by atoms with Crippen LogP contribution >= 0.6 is 27.3 Å². The maximum atomic E-state index is 9.36. The molecular formula is C7H9BrOS. The minimum atomic E-state index is -0.333. The van der Waals surface area contributed by atoms with E-state index in [4.69, 9.17) is 0 Å². The van der Waals surface area contributed by atoms with Crippen LogP contribution in [0.15, 0.2) is 11.4 Å². The Kier molecular flexibility index (Phi) is 2.89. The van der Waals surface area contributed by atoms with Crippen LogP contribution < -0.4 is 0 Å². The average molecular weight is 221 g/mol. The molecule has 0 amide bonds. The van der Waals surface area contributed by atoms with Gasteiger partial charge in [-0.15, -0.1) is 11.3 Å². The number of aliphatic hydroxyl groups is 1. The summed E-state index contributed by atoms with van der Waals surface area (Å²) in [6, 6.07) is 2.02. The first kappa shape index (κ1) is 8.24. The molecule has 0 radical (unpaired) electrons. The fourth-order valence-electron chi connectivity index (χ4n) is 0.796. The monoisotopic (exact) mass is 220 g/mol. The molecule has 0 saturated carbocycles. The molecule has 1 rings (SSSR count).